The molecule has 1 aromatic heterocycles. The van der Waals surface area contributed by atoms with Gasteiger partial charge in [0.15, 0.2) is 0 Å². The molecule has 1 saturated heterocycles. The molecule has 3 amide bonds. The van der Waals surface area contributed by atoms with Crippen molar-refractivity contribution in [3.05, 3.63) is 35.4 Å². The highest BCUT2D eigenvalue weighted by molar-refractivity contribution is 5.95. The molecule has 1 atom stereocenters. The average molecular weight is 459 g/mol. The maximum Gasteiger partial charge on any atom is 0.338 e. The number of furan rings is 1. The molecule has 2 aliphatic heterocycles. The Morgan fingerprint density at radius 3 is 2.61 bits per heavy atom. The Bertz CT molecular complexity index is 867. The Morgan fingerprint density at radius 2 is 1.94 bits per heavy atom. The van der Waals surface area contributed by atoms with Gasteiger partial charge in [-0.15, -0.1) is 0 Å². The van der Waals surface area contributed by atoms with Crippen molar-refractivity contribution < 1.29 is 23.5 Å². The van der Waals surface area contributed by atoms with Gasteiger partial charge in [0.2, 0.25) is 5.91 Å². The van der Waals surface area contributed by atoms with Crippen LogP contribution in [0.15, 0.2) is 34.1 Å². The van der Waals surface area contributed by atoms with Crippen molar-refractivity contribution in [3.8, 4) is 0 Å². The fraction of sp³-hybridized carbons (Fsp3) is 0.625. The van der Waals surface area contributed by atoms with Crippen LogP contribution in [0.1, 0.15) is 63.7 Å². The third-order valence-corrected chi connectivity index (χ3v) is 6.77. The van der Waals surface area contributed by atoms with E-state index in [0.717, 1.165) is 51.6 Å². The normalized spacial score (nSPS) is 23.1. The Balaban J connectivity index is 1.40. The number of rotatable bonds is 7. The van der Waals surface area contributed by atoms with E-state index in [9.17, 15) is 14.4 Å². The molecule has 1 unspecified atom stereocenters. The van der Waals surface area contributed by atoms with Gasteiger partial charge in [-0.05, 0) is 44.7 Å². The number of ether oxygens (including phenoxy) is 1. The minimum Gasteiger partial charge on any atom is -0.467 e. The van der Waals surface area contributed by atoms with E-state index < -0.39 is 12.0 Å². The van der Waals surface area contributed by atoms with Gasteiger partial charge in [-0.2, -0.15) is 0 Å². The lowest BCUT2D eigenvalue weighted by Gasteiger charge is -2.35. The minimum absolute atomic E-state index is 0.164. The third-order valence-electron chi connectivity index (χ3n) is 6.77. The van der Waals surface area contributed by atoms with Crippen molar-refractivity contribution in [2.45, 2.75) is 64.0 Å². The van der Waals surface area contributed by atoms with E-state index in [1.807, 2.05) is 0 Å². The van der Waals surface area contributed by atoms with Gasteiger partial charge in [0.05, 0.1) is 18.4 Å². The first-order chi connectivity index (χ1) is 16.0. The molecule has 33 heavy (non-hydrogen) atoms. The molecule has 180 valence electrons. The lowest BCUT2D eigenvalue weighted by atomic mass is 9.88. The van der Waals surface area contributed by atoms with Crippen LogP contribution in [-0.4, -0.2) is 55.1 Å². The zero-order valence-corrected chi connectivity index (χ0v) is 19.2. The van der Waals surface area contributed by atoms with E-state index in [1.54, 1.807) is 19.1 Å². The minimum atomic E-state index is -0.699. The summed E-state index contributed by atoms with van der Waals surface area (Å²) in [7, 11) is 0. The second-order valence-electron chi connectivity index (χ2n) is 9.05. The number of carbonyl (C=O) groups excluding carboxylic acids is 3. The van der Waals surface area contributed by atoms with Crippen LogP contribution < -0.4 is 16.0 Å². The highest BCUT2D eigenvalue weighted by atomic mass is 16.5. The van der Waals surface area contributed by atoms with E-state index in [-0.39, 0.29) is 30.5 Å². The first-order valence-electron chi connectivity index (χ1n) is 12.1. The van der Waals surface area contributed by atoms with E-state index in [4.69, 9.17) is 9.15 Å². The number of piperidine rings is 1. The van der Waals surface area contributed by atoms with Crippen LogP contribution in [0.25, 0.3) is 0 Å². The molecule has 0 bridgehead atoms. The summed E-state index contributed by atoms with van der Waals surface area (Å²) in [4.78, 5) is 39.9. The van der Waals surface area contributed by atoms with Crippen molar-refractivity contribution >= 4 is 17.9 Å². The van der Waals surface area contributed by atoms with Crippen LogP contribution >= 0.6 is 0 Å². The number of amides is 3. The fourth-order valence-corrected chi connectivity index (χ4v) is 5.00. The summed E-state index contributed by atoms with van der Waals surface area (Å²) in [5.74, 6) is 0.371. The van der Waals surface area contributed by atoms with Crippen molar-refractivity contribution in [1.29, 1.82) is 0 Å². The molecule has 9 heteroatoms. The number of nitrogens with one attached hydrogen (secondary N) is 3. The molecule has 4 rings (SSSR count). The van der Waals surface area contributed by atoms with Gasteiger partial charge in [0, 0.05) is 37.3 Å². The first-order valence-corrected chi connectivity index (χ1v) is 12.1. The van der Waals surface area contributed by atoms with E-state index >= 15 is 0 Å². The molecular formula is C24H34N4O5. The molecule has 0 aromatic carbocycles. The summed E-state index contributed by atoms with van der Waals surface area (Å²) in [5.41, 5.74) is 0.891. The lowest BCUT2D eigenvalue weighted by Crippen LogP contribution is -2.51. The van der Waals surface area contributed by atoms with Crippen LogP contribution in [0.5, 0.6) is 0 Å². The van der Waals surface area contributed by atoms with Gasteiger partial charge in [0.25, 0.3) is 0 Å². The molecule has 3 heterocycles. The topological polar surface area (TPSA) is 113 Å². The van der Waals surface area contributed by atoms with Crippen LogP contribution in [0.4, 0.5) is 4.79 Å². The standard InChI is InChI=1S/C24H34N4O5/c1-2-32-23(30)20-18(26-24(31)27-21(20)19-9-6-14-33-19)15-28-12-10-17(11-13-28)25-22(29)16-7-4-3-5-8-16/h6,9,14,16-17,21H,2-5,7-8,10-13,15H2,1H3,(H,25,29)(H2,26,27,31). The maximum atomic E-state index is 12.8. The van der Waals surface area contributed by atoms with Gasteiger partial charge in [-0.1, -0.05) is 19.3 Å². The first kappa shape index (κ1) is 23.4. The third kappa shape index (κ3) is 5.76. The average Bonchev–Trinajstić information content (AvgIpc) is 3.35. The van der Waals surface area contributed by atoms with E-state index in [2.05, 4.69) is 20.9 Å². The molecular weight excluding hydrogens is 424 g/mol. The SMILES string of the molecule is CCOC(=O)C1=C(CN2CCC(NC(=O)C3CCCCC3)CC2)NC(=O)NC1c1ccco1. The fourth-order valence-electron chi connectivity index (χ4n) is 5.00. The van der Waals surface area contributed by atoms with Crippen molar-refractivity contribution in [2.75, 3.05) is 26.2 Å². The van der Waals surface area contributed by atoms with Crippen LogP contribution in [0.2, 0.25) is 0 Å². The van der Waals surface area contributed by atoms with Gasteiger partial charge in [-0.25, -0.2) is 9.59 Å². The zero-order chi connectivity index (χ0) is 23.2. The molecule has 2 fully saturated rings. The summed E-state index contributed by atoms with van der Waals surface area (Å²) in [5, 5.41) is 8.82. The smallest absolute Gasteiger partial charge is 0.338 e. The highest BCUT2D eigenvalue weighted by Crippen LogP contribution is 2.29. The van der Waals surface area contributed by atoms with Gasteiger partial charge < -0.3 is 25.1 Å². The Kier molecular flexibility index (Phi) is 7.69. The molecule has 0 spiro atoms. The molecule has 3 N–H and O–H groups in total. The number of hydrogen-bond acceptors (Lipinski definition) is 6. The van der Waals surface area contributed by atoms with Crippen molar-refractivity contribution in [3.63, 3.8) is 0 Å². The monoisotopic (exact) mass is 458 g/mol. The second-order valence-corrected chi connectivity index (χ2v) is 9.05. The number of likely N-dealkylation sites (tertiary alicyclic amines) is 1. The van der Waals surface area contributed by atoms with E-state index in [0.29, 0.717) is 23.6 Å². The Hall–Kier alpha value is -2.81. The predicted octanol–water partition coefficient (Wildman–Crippen LogP) is 2.61. The van der Waals surface area contributed by atoms with Crippen LogP contribution in [0.3, 0.4) is 0 Å². The number of urea groups is 1. The van der Waals surface area contributed by atoms with Crippen LogP contribution in [0, 0.1) is 5.92 Å². The summed E-state index contributed by atoms with van der Waals surface area (Å²) >= 11 is 0. The summed E-state index contributed by atoms with van der Waals surface area (Å²) < 4.78 is 10.8. The van der Waals surface area contributed by atoms with Gasteiger partial charge >= 0.3 is 12.0 Å². The summed E-state index contributed by atoms with van der Waals surface area (Å²) in [6.07, 6.45) is 8.72. The summed E-state index contributed by atoms with van der Waals surface area (Å²) in [6, 6.07) is 2.54. The summed E-state index contributed by atoms with van der Waals surface area (Å²) in [6.45, 7) is 3.94. The number of nitrogens with zero attached hydrogens (tertiary/aromatic N) is 1. The maximum absolute atomic E-state index is 12.8. The molecule has 1 aromatic rings. The van der Waals surface area contributed by atoms with Crippen molar-refractivity contribution in [1.82, 2.24) is 20.9 Å². The molecule has 1 saturated carbocycles. The van der Waals surface area contributed by atoms with E-state index in [1.165, 1.54) is 12.7 Å². The number of hydrogen-bond donors (Lipinski definition) is 3. The van der Waals surface area contributed by atoms with Crippen molar-refractivity contribution in [2.24, 2.45) is 5.92 Å². The van der Waals surface area contributed by atoms with Gasteiger partial charge in [-0.3, -0.25) is 9.69 Å². The second kappa shape index (κ2) is 10.9. The van der Waals surface area contributed by atoms with Crippen LogP contribution in [-0.2, 0) is 14.3 Å². The molecule has 1 aliphatic carbocycles. The lowest BCUT2D eigenvalue weighted by molar-refractivity contribution is -0.139. The largest absolute Gasteiger partial charge is 0.467 e. The quantitative estimate of drug-likeness (QED) is 0.542. The Morgan fingerprint density at radius 1 is 1.18 bits per heavy atom. The zero-order valence-electron chi connectivity index (χ0n) is 19.2. The molecule has 3 aliphatic rings. The molecule has 9 nitrogen and oxygen atoms in total. The highest BCUT2D eigenvalue weighted by Gasteiger charge is 2.36. The predicted molar refractivity (Wildman–Crippen MR) is 121 cm³/mol. The molecule has 0 radical (unpaired) electrons. The Labute approximate surface area is 194 Å². The van der Waals surface area contributed by atoms with Gasteiger partial charge in [0.1, 0.15) is 11.8 Å². The number of esters is 1. The number of carbonyl (C=O) groups is 3.